The van der Waals surface area contributed by atoms with Gasteiger partial charge < -0.3 is 20.7 Å². The fourth-order valence-electron chi connectivity index (χ4n) is 1.95. The molecule has 148 valence electrons. The number of ketones is 1. The van der Waals surface area contributed by atoms with Gasteiger partial charge in [0.25, 0.3) is 0 Å². The van der Waals surface area contributed by atoms with E-state index in [0.717, 1.165) is 5.56 Å². The molecule has 1 rings (SSSR count). The summed E-state index contributed by atoms with van der Waals surface area (Å²) in [6.07, 6.45) is -0.741. The molecule has 0 unspecified atom stereocenters. The summed E-state index contributed by atoms with van der Waals surface area (Å²) in [7, 11) is 0. The standard InChI is InChI=1S/C18H24BrN3O5/c1-11(15(23)9-19)20-16(24)12(2)21-17(25)13(3)22-18(26)27-10-14-7-5-4-6-8-14/h4-8,11-13H,9-10H2,1-3H3,(H,20,24)(H,21,25)(H,22,26)/t11-,12-,13-/m0/s1. The van der Waals surface area contributed by atoms with Gasteiger partial charge in [-0.05, 0) is 26.3 Å². The normalized spacial score (nSPS) is 13.6. The number of alkyl halides is 1. The molecule has 1 aromatic carbocycles. The smallest absolute Gasteiger partial charge is 0.408 e. The van der Waals surface area contributed by atoms with Gasteiger partial charge in [0.15, 0.2) is 5.78 Å². The van der Waals surface area contributed by atoms with Crippen LogP contribution in [0.4, 0.5) is 4.79 Å². The van der Waals surface area contributed by atoms with Crippen molar-refractivity contribution in [2.24, 2.45) is 0 Å². The van der Waals surface area contributed by atoms with Crippen molar-refractivity contribution in [1.82, 2.24) is 16.0 Å². The van der Waals surface area contributed by atoms with Crippen LogP contribution in [-0.4, -0.2) is 47.1 Å². The number of alkyl carbamates (subject to hydrolysis) is 1. The van der Waals surface area contributed by atoms with Crippen molar-refractivity contribution in [2.45, 2.75) is 45.5 Å². The maximum atomic E-state index is 12.1. The molecule has 0 fully saturated rings. The van der Waals surface area contributed by atoms with Gasteiger partial charge in [-0.1, -0.05) is 46.3 Å². The van der Waals surface area contributed by atoms with Crippen molar-refractivity contribution in [3.05, 3.63) is 35.9 Å². The summed E-state index contributed by atoms with van der Waals surface area (Å²) in [6, 6.07) is 6.69. The molecule has 0 radical (unpaired) electrons. The largest absolute Gasteiger partial charge is 0.445 e. The van der Waals surface area contributed by atoms with Crippen LogP contribution in [0.3, 0.4) is 0 Å². The maximum Gasteiger partial charge on any atom is 0.408 e. The Morgan fingerprint density at radius 1 is 0.889 bits per heavy atom. The van der Waals surface area contributed by atoms with Crippen molar-refractivity contribution in [1.29, 1.82) is 0 Å². The highest BCUT2D eigenvalue weighted by Gasteiger charge is 2.23. The summed E-state index contributed by atoms with van der Waals surface area (Å²) in [5.41, 5.74) is 0.821. The Hall–Kier alpha value is -2.42. The molecule has 0 saturated heterocycles. The molecule has 0 spiro atoms. The van der Waals surface area contributed by atoms with E-state index in [0.29, 0.717) is 0 Å². The van der Waals surface area contributed by atoms with E-state index in [2.05, 4.69) is 31.9 Å². The first-order chi connectivity index (χ1) is 12.7. The highest BCUT2D eigenvalue weighted by molar-refractivity contribution is 9.09. The number of Topliss-reactive ketones (excluding diaryl/α,β-unsaturated/α-hetero) is 1. The van der Waals surface area contributed by atoms with Gasteiger partial charge in [-0.2, -0.15) is 0 Å². The minimum absolute atomic E-state index is 0.0826. The van der Waals surface area contributed by atoms with Gasteiger partial charge >= 0.3 is 6.09 Å². The number of rotatable bonds is 9. The molecule has 1 aromatic rings. The van der Waals surface area contributed by atoms with Gasteiger partial charge in [-0.25, -0.2) is 4.79 Å². The van der Waals surface area contributed by atoms with Crippen LogP contribution in [-0.2, 0) is 25.7 Å². The Balaban J connectivity index is 2.40. The van der Waals surface area contributed by atoms with Crippen molar-refractivity contribution in [2.75, 3.05) is 5.33 Å². The molecule has 0 aliphatic rings. The summed E-state index contributed by atoms with van der Waals surface area (Å²) in [6.45, 7) is 4.60. The zero-order chi connectivity index (χ0) is 20.4. The Kier molecular flexibility index (Phi) is 9.49. The van der Waals surface area contributed by atoms with Gasteiger partial charge in [-0.15, -0.1) is 0 Å². The molecule has 3 atom stereocenters. The summed E-state index contributed by atoms with van der Waals surface area (Å²) in [5, 5.41) is 7.51. The van der Waals surface area contributed by atoms with E-state index in [1.165, 1.54) is 13.8 Å². The number of hydrogen-bond donors (Lipinski definition) is 3. The fourth-order valence-corrected chi connectivity index (χ4v) is 2.43. The van der Waals surface area contributed by atoms with E-state index in [1.807, 2.05) is 30.3 Å². The molecular weight excluding hydrogens is 418 g/mol. The lowest BCUT2D eigenvalue weighted by Crippen LogP contribution is -2.53. The van der Waals surface area contributed by atoms with E-state index in [4.69, 9.17) is 4.74 Å². The average Bonchev–Trinajstić information content (AvgIpc) is 2.66. The van der Waals surface area contributed by atoms with Crippen LogP contribution in [0.2, 0.25) is 0 Å². The number of nitrogens with one attached hydrogen (secondary N) is 3. The van der Waals surface area contributed by atoms with Crippen LogP contribution < -0.4 is 16.0 Å². The van der Waals surface area contributed by atoms with Crippen LogP contribution >= 0.6 is 15.9 Å². The SMILES string of the molecule is C[C@H](NC(=O)[C@H](C)NC(=O)[C@H](C)NC(=O)OCc1ccccc1)C(=O)CBr. The molecule has 3 N–H and O–H groups in total. The Morgan fingerprint density at radius 2 is 1.41 bits per heavy atom. The van der Waals surface area contributed by atoms with Crippen LogP contribution in [0.15, 0.2) is 30.3 Å². The lowest BCUT2D eigenvalue weighted by molar-refractivity contribution is -0.131. The first kappa shape index (κ1) is 22.6. The minimum atomic E-state index is -0.898. The Morgan fingerprint density at radius 3 is 1.96 bits per heavy atom. The number of carbonyl (C=O) groups excluding carboxylic acids is 4. The first-order valence-electron chi connectivity index (χ1n) is 8.41. The van der Waals surface area contributed by atoms with E-state index in [-0.39, 0.29) is 17.7 Å². The quantitative estimate of drug-likeness (QED) is 0.499. The average molecular weight is 442 g/mol. The van der Waals surface area contributed by atoms with Crippen molar-refractivity contribution < 1.29 is 23.9 Å². The van der Waals surface area contributed by atoms with Gasteiger partial charge in [0, 0.05) is 0 Å². The second-order valence-electron chi connectivity index (χ2n) is 5.99. The molecule has 0 aromatic heterocycles. The molecule has 0 aliphatic heterocycles. The predicted molar refractivity (Wildman–Crippen MR) is 103 cm³/mol. The molecule has 0 saturated carbocycles. The lowest BCUT2D eigenvalue weighted by atomic mass is 10.2. The monoisotopic (exact) mass is 441 g/mol. The minimum Gasteiger partial charge on any atom is -0.445 e. The zero-order valence-electron chi connectivity index (χ0n) is 15.5. The number of hydrogen-bond acceptors (Lipinski definition) is 5. The highest BCUT2D eigenvalue weighted by Crippen LogP contribution is 2.01. The molecule has 0 aliphatic carbocycles. The van der Waals surface area contributed by atoms with Crippen molar-refractivity contribution in [3.63, 3.8) is 0 Å². The third-order valence-electron chi connectivity index (χ3n) is 3.67. The van der Waals surface area contributed by atoms with Gasteiger partial charge in [-0.3, -0.25) is 14.4 Å². The third kappa shape index (κ3) is 8.21. The van der Waals surface area contributed by atoms with Crippen LogP contribution in [0.5, 0.6) is 0 Å². The first-order valence-corrected chi connectivity index (χ1v) is 9.53. The highest BCUT2D eigenvalue weighted by atomic mass is 79.9. The number of halogens is 1. The Bertz CT molecular complexity index is 668. The van der Waals surface area contributed by atoms with Crippen molar-refractivity contribution >= 4 is 39.6 Å². The number of ether oxygens (including phenoxy) is 1. The van der Waals surface area contributed by atoms with Gasteiger partial charge in [0.2, 0.25) is 11.8 Å². The summed E-state index contributed by atoms with van der Waals surface area (Å²) in [5.74, 6) is -1.23. The van der Waals surface area contributed by atoms with Crippen LogP contribution in [0.25, 0.3) is 0 Å². The second-order valence-corrected chi connectivity index (χ2v) is 6.55. The van der Waals surface area contributed by atoms with Gasteiger partial charge in [0.1, 0.15) is 18.7 Å². The number of benzene rings is 1. The summed E-state index contributed by atoms with van der Waals surface area (Å²) in [4.78, 5) is 47.4. The molecule has 0 heterocycles. The molecule has 0 bridgehead atoms. The molecule has 3 amide bonds. The van der Waals surface area contributed by atoms with Crippen LogP contribution in [0.1, 0.15) is 26.3 Å². The van der Waals surface area contributed by atoms with Gasteiger partial charge in [0.05, 0.1) is 11.4 Å². The number of carbonyl (C=O) groups is 4. The lowest BCUT2D eigenvalue weighted by Gasteiger charge is -2.20. The third-order valence-corrected chi connectivity index (χ3v) is 4.22. The Labute approximate surface area is 166 Å². The van der Waals surface area contributed by atoms with E-state index >= 15 is 0 Å². The maximum absolute atomic E-state index is 12.1. The van der Waals surface area contributed by atoms with Crippen molar-refractivity contribution in [3.8, 4) is 0 Å². The molecule has 9 heteroatoms. The summed E-state index contributed by atoms with van der Waals surface area (Å²) >= 11 is 3.03. The second kappa shape index (κ2) is 11.3. The predicted octanol–water partition coefficient (Wildman–Crippen LogP) is 1.27. The topological polar surface area (TPSA) is 114 Å². The number of amides is 3. The molecular formula is C18H24BrN3O5. The fraction of sp³-hybridized carbons (Fsp3) is 0.444. The van der Waals surface area contributed by atoms with Crippen LogP contribution in [0, 0.1) is 0 Å². The zero-order valence-corrected chi connectivity index (χ0v) is 17.0. The summed E-state index contributed by atoms with van der Waals surface area (Å²) < 4.78 is 5.04. The molecule has 8 nitrogen and oxygen atoms in total. The van der Waals surface area contributed by atoms with E-state index in [9.17, 15) is 19.2 Å². The van der Waals surface area contributed by atoms with E-state index < -0.39 is 36.0 Å². The van der Waals surface area contributed by atoms with E-state index in [1.54, 1.807) is 6.92 Å². The molecule has 27 heavy (non-hydrogen) atoms.